The summed E-state index contributed by atoms with van der Waals surface area (Å²) in [7, 11) is 0. The highest BCUT2D eigenvalue weighted by Gasteiger charge is 2.21. The van der Waals surface area contributed by atoms with Crippen LogP contribution < -0.4 is 5.32 Å². The van der Waals surface area contributed by atoms with Gasteiger partial charge in [-0.05, 0) is 31.2 Å². The standard InChI is InChI=1S/C16H12Cl2FNO3/c1-9(23-16(22)10-5-2-3-7-12(10)19)15(21)20-13-8-4-6-11(17)14(13)18/h2-9H,1H3,(H,20,21)/t9-/m1/s1. The Morgan fingerprint density at radius 1 is 1.13 bits per heavy atom. The van der Waals surface area contributed by atoms with E-state index in [0.717, 1.165) is 6.07 Å². The van der Waals surface area contributed by atoms with Crippen molar-refractivity contribution in [2.75, 3.05) is 5.32 Å². The van der Waals surface area contributed by atoms with Gasteiger partial charge in [-0.1, -0.05) is 41.4 Å². The summed E-state index contributed by atoms with van der Waals surface area (Å²) < 4.78 is 18.5. The zero-order valence-corrected chi connectivity index (χ0v) is 13.5. The van der Waals surface area contributed by atoms with Crippen molar-refractivity contribution in [3.8, 4) is 0 Å². The number of hydrogen-bond acceptors (Lipinski definition) is 3. The minimum atomic E-state index is -1.14. The number of ether oxygens (including phenoxy) is 1. The lowest BCUT2D eigenvalue weighted by molar-refractivity contribution is -0.123. The molecule has 0 aliphatic carbocycles. The summed E-state index contributed by atoms with van der Waals surface area (Å²) in [5.74, 6) is -2.26. The van der Waals surface area contributed by atoms with Crippen molar-refractivity contribution in [1.82, 2.24) is 0 Å². The largest absolute Gasteiger partial charge is 0.449 e. The molecule has 4 nitrogen and oxygen atoms in total. The number of halogens is 3. The molecule has 0 aliphatic rings. The molecule has 0 unspecified atom stereocenters. The molecule has 0 aromatic heterocycles. The predicted octanol–water partition coefficient (Wildman–Crippen LogP) is 4.32. The summed E-state index contributed by atoms with van der Waals surface area (Å²) in [5.41, 5.74) is 0.0471. The minimum Gasteiger partial charge on any atom is -0.449 e. The van der Waals surface area contributed by atoms with Crippen LogP contribution in [0.4, 0.5) is 10.1 Å². The number of rotatable bonds is 4. The molecule has 2 rings (SSSR count). The summed E-state index contributed by atoms with van der Waals surface area (Å²) >= 11 is 11.8. The Morgan fingerprint density at radius 2 is 1.83 bits per heavy atom. The monoisotopic (exact) mass is 355 g/mol. The second kappa shape index (κ2) is 7.44. The zero-order chi connectivity index (χ0) is 17.0. The first-order chi connectivity index (χ1) is 10.9. The summed E-state index contributed by atoms with van der Waals surface area (Å²) in [6, 6.07) is 10.1. The van der Waals surface area contributed by atoms with Crippen molar-refractivity contribution < 1.29 is 18.7 Å². The van der Waals surface area contributed by atoms with Crippen molar-refractivity contribution in [2.24, 2.45) is 0 Å². The van der Waals surface area contributed by atoms with E-state index < -0.39 is 23.8 Å². The Morgan fingerprint density at radius 3 is 2.52 bits per heavy atom. The van der Waals surface area contributed by atoms with E-state index in [4.69, 9.17) is 27.9 Å². The number of carbonyl (C=O) groups is 2. The van der Waals surface area contributed by atoms with E-state index in [9.17, 15) is 14.0 Å². The van der Waals surface area contributed by atoms with Gasteiger partial charge in [0.25, 0.3) is 5.91 Å². The molecule has 2 aromatic carbocycles. The van der Waals surface area contributed by atoms with E-state index in [0.29, 0.717) is 0 Å². The predicted molar refractivity (Wildman–Crippen MR) is 86.4 cm³/mol. The number of amides is 1. The van der Waals surface area contributed by atoms with Crippen molar-refractivity contribution in [1.29, 1.82) is 0 Å². The molecule has 0 fully saturated rings. The second-order valence-corrected chi connectivity index (χ2v) is 5.40. The van der Waals surface area contributed by atoms with E-state index >= 15 is 0 Å². The van der Waals surface area contributed by atoms with Crippen molar-refractivity contribution in [3.05, 3.63) is 63.9 Å². The Balaban J connectivity index is 2.04. The topological polar surface area (TPSA) is 55.4 Å². The maximum Gasteiger partial charge on any atom is 0.341 e. The van der Waals surface area contributed by atoms with Gasteiger partial charge in [0.1, 0.15) is 5.82 Å². The van der Waals surface area contributed by atoms with Crippen molar-refractivity contribution in [3.63, 3.8) is 0 Å². The molecule has 2 aromatic rings. The van der Waals surface area contributed by atoms with E-state index in [1.807, 2.05) is 0 Å². The Kier molecular flexibility index (Phi) is 5.58. The van der Waals surface area contributed by atoms with Gasteiger partial charge < -0.3 is 10.1 Å². The fourth-order valence-corrected chi connectivity index (χ4v) is 2.09. The van der Waals surface area contributed by atoms with Crippen LogP contribution in [0.1, 0.15) is 17.3 Å². The smallest absolute Gasteiger partial charge is 0.341 e. The zero-order valence-electron chi connectivity index (χ0n) is 12.0. The second-order valence-electron chi connectivity index (χ2n) is 4.62. The number of hydrogen-bond donors (Lipinski definition) is 1. The Hall–Kier alpha value is -2.11. The van der Waals surface area contributed by atoms with E-state index in [1.54, 1.807) is 18.2 Å². The number of carbonyl (C=O) groups excluding carboxylic acids is 2. The molecule has 0 saturated carbocycles. The number of esters is 1. The van der Waals surface area contributed by atoms with E-state index in [-0.39, 0.29) is 21.3 Å². The molecule has 0 bridgehead atoms. The van der Waals surface area contributed by atoms with E-state index in [2.05, 4.69) is 5.32 Å². The molecule has 0 spiro atoms. The van der Waals surface area contributed by atoms with Crippen molar-refractivity contribution >= 4 is 40.8 Å². The lowest BCUT2D eigenvalue weighted by atomic mass is 10.2. The van der Waals surface area contributed by atoms with E-state index in [1.165, 1.54) is 25.1 Å². The quantitative estimate of drug-likeness (QED) is 0.831. The average molecular weight is 356 g/mol. The van der Waals surface area contributed by atoms with Crippen LogP contribution in [0.15, 0.2) is 42.5 Å². The molecule has 0 saturated heterocycles. The highest BCUT2D eigenvalue weighted by Crippen LogP contribution is 2.29. The third-order valence-electron chi connectivity index (χ3n) is 2.96. The van der Waals surface area contributed by atoms with Gasteiger partial charge in [0.15, 0.2) is 6.10 Å². The van der Waals surface area contributed by atoms with Gasteiger partial charge in [-0.15, -0.1) is 0 Å². The first-order valence-corrected chi connectivity index (χ1v) is 7.36. The maximum atomic E-state index is 13.5. The molecular weight excluding hydrogens is 344 g/mol. The molecule has 23 heavy (non-hydrogen) atoms. The molecule has 0 radical (unpaired) electrons. The third kappa shape index (κ3) is 4.21. The lowest BCUT2D eigenvalue weighted by Crippen LogP contribution is -2.30. The average Bonchev–Trinajstić information content (AvgIpc) is 2.52. The van der Waals surface area contributed by atoms with Crippen LogP contribution in [-0.4, -0.2) is 18.0 Å². The van der Waals surface area contributed by atoms with Gasteiger partial charge in [-0.3, -0.25) is 4.79 Å². The summed E-state index contributed by atoms with van der Waals surface area (Å²) in [5, 5.41) is 2.95. The molecule has 7 heteroatoms. The van der Waals surface area contributed by atoms with Crippen molar-refractivity contribution in [2.45, 2.75) is 13.0 Å². The van der Waals surface area contributed by atoms with Gasteiger partial charge in [0, 0.05) is 0 Å². The molecule has 1 amide bonds. The van der Waals surface area contributed by atoms with Crippen LogP contribution in [0.3, 0.4) is 0 Å². The maximum absolute atomic E-state index is 13.5. The van der Waals surface area contributed by atoms with Crippen LogP contribution in [0, 0.1) is 5.82 Å². The number of anilines is 1. The first kappa shape index (κ1) is 17.2. The number of nitrogens with one attached hydrogen (secondary N) is 1. The van der Waals surface area contributed by atoms with Gasteiger partial charge in [0.2, 0.25) is 0 Å². The van der Waals surface area contributed by atoms with Crippen LogP contribution in [0.2, 0.25) is 10.0 Å². The normalized spacial score (nSPS) is 11.7. The fraction of sp³-hybridized carbons (Fsp3) is 0.125. The van der Waals surface area contributed by atoms with Gasteiger partial charge >= 0.3 is 5.97 Å². The van der Waals surface area contributed by atoms with Gasteiger partial charge in [-0.25, -0.2) is 9.18 Å². The summed E-state index contributed by atoms with van der Waals surface area (Å²) in [4.78, 5) is 23.9. The van der Waals surface area contributed by atoms with Crippen LogP contribution >= 0.6 is 23.2 Å². The minimum absolute atomic E-state index is 0.176. The SMILES string of the molecule is C[C@@H](OC(=O)c1ccccc1F)C(=O)Nc1cccc(Cl)c1Cl. The molecule has 1 N–H and O–H groups in total. The lowest BCUT2D eigenvalue weighted by Gasteiger charge is -2.14. The van der Waals surface area contributed by atoms with Gasteiger partial charge in [-0.2, -0.15) is 0 Å². The summed E-state index contributed by atoms with van der Waals surface area (Å²) in [6.07, 6.45) is -1.14. The third-order valence-corrected chi connectivity index (χ3v) is 3.78. The first-order valence-electron chi connectivity index (χ1n) is 6.60. The van der Waals surface area contributed by atoms with Crippen LogP contribution in [0.25, 0.3) is 0 Å². The summed E-state index contributed by atoms with van der Waals surface area (Å²) in [6.45, 7) is 1.37. The number of benzene rings is 2. The molecular formula is C16H12Cl2FNO3. The Labute approximate surface area is 142 Å². The molecule has 0 heterocycles. The van der Waals surface area contributed by atoms with Crippen LogP contribution in [0.5, 0.6) is 0 Å². The molecule has 120 valence electrons. The highest BCUT2D eigenvalue weighted by atomic mass is 35.5. The molecule has 0 aliphatic heterocycles. The Bertz CT molecular complexity index is 752. The molecule has 1 atom stereocenters. The van der Waals surface area contributed by atoms with Crippen LogP contribution in [-0.2, 0) is 9.53 Å². The fourth-order valence-electron chi connectivity index (χ4n) is 1.74. The highest BCUT2D eigenvalue weighted by molar-refractivity contribution is 6.44. The van der Waals surface area contributed by atoms with Gasteiger partial charge in [0.05, 0.1) is 21.3 Å².